The van der Waals surface area contributed by atoms with Crippen molar-refractivity contribution >= 4 is 29.0 Å². The molecule has 0 bridgehead atoms. The van der Waals surface area contributed by atoms with Crippen LogP contribution >= 0.6 is 11.3 Å². The van der Waals surface area contributed by atoms with Gasteiger partial charge in [0.2, 0.25) is 0 Å². The fourth-order valence-corrected chi connectivity index (χ4v) is 3.45. The van der Waals surface area contributed by atoms with E-state index in [9.17, 15) is 10.1 Å². The number of hydrogen-bond donors (Lipinski definition) is 1. The van der Waals surface area contributed by atoms with Crippen molar-refractivity contribution in [2.24, 2.45) is 0 Å². The number of benzene rings is 2. The first kappa shape index (κ1) is 18.6. The summed E-state index contributed by atoms with van der Waals surface area (Å²) in [5.41, 5.74) is 5.48. The molecule has 0 fully saturated rings. The van der Waals surface area contributed by atoms with Crippen LogP contribution in [0.3, 0.4) is 0 Å². The highest BCUT2D eigenvalue weighted by molar-refractivity contribution is 7.13. The van der Waals surface area contributed by atoms with Gasteiger partial charge in [-0.05, 0) is 38.0 Å². The van der Waals surface area contributed by atoms with E-state index in [0.717, 1.165) is 27.4 Å². The Hall–Kier alpha value is -3.23. The summed E-state index contributed by atoms with van der Waals surface area (Å²) in [6.45, 7) is 5.88. The van der Waals surface area contributed by atoms with Gasteiger partial charge in [-0.25, -0.2) is 4.98 Å². The van der Waals surface area contributed by atoms with Gasteiger partial charge in [-0.15, -0.1) is 11.3 Å². The highest BCUT2D eigenvalue weighted by Gasteiger charge is 2.13. The van der Waals surface area contributed by atoms with Gasteiger partial charge in [0.15, 0.2) is 0 Å². The maximum atomic E-state index is 12.5. The highest BCUT2D eigenvalue weighted by atomic mass is 32.1. The van der Waals surface area contributed by atoms with Crippen LogP contribution in [0, 0.1) is 32.1 Å². The molecule has 0 saturated heterocycles. The zero-order valence-electron chi connectivity index (χ0n) is 15.4. The topological polar surface area (TPSA) is 65.8 Å². The molecule has 0 unspecified atom stereocenters. The fraction of sp³-hybridized carbons (Fsp3) is 0.136. The van der Waals surface area contributed by atoms with Gasteiger partial charge < -0.3 is 5.32 Å². The van der Waals surface area contributed by atoms with Gasteiger partial charge in [0.25, 0.3) is 5.91 Å². The number of nitriles is 1. The molecule has 1 N–H and O–H groups in total. The first-order valence-electron chi connectivity index (χ1n) is 8.50. The molecule has 2 aromatic carbocycles. The second kappa shape index (κ2) is 7.98. The Morgan fingerprint density at radius 1 is 1.11 bits per heavy atom. The average Bonchev–Trinajstić information content (AvgIpc) is 3.12. The molecule has 27 heavy (non-hydrogen) atoms. The Balaban J connectivity index is 1.83. The number of carbonyl (C=O) groups excluding carboxylic acids is 1. The molecule has 0 aliphatic carbocycles. The van der Waals surface area contributed by atoms with E-state index in [2.05, 4.69) is 10.3 Å². The largest absolute Gasteiger partial charge is 0.321 e. The van der Waals surface area contributed by atoms with Crippen molar-refractivity contribution in [2.75, 3.05) is 5.32 Å². The number of thiazole rings is 1. The lowest BCUT2D eigenvalue weighted by atomic mass is 10.1. The Kier molecular flexibility index (Phi) is 5.49. The monoisotopic (exact) mass is 373 g/mol. The molecule has 1 amide bonds. The van der Waals surface area contributed by atoms with Crippen LogP contribution in [-0.2, 0) is 4.79 Å². The van der Waals surface area contributed by atoms with Gasteiger partial charge in [-0.2, -0.15) is 5.26 Å². The maximum absolute atomic E-state index is 12.5. The summed E-state index contributed by atoms with van der Waals surface area (Å²) < 4.78 is 0. The van der Waals surface area contributed by atoms with Crippen LogP contribution in [0.4, 0.5) is 5.69 Å². The fourth-order valence-electron chi connectivity index (χ4n) is 2.67. The molecule has 5 heteroatoms. The van der Waals surface area contributed by atoms with Crippen molar-refractivity contribution in [3.8, 4) is 16.6 Å². The van der Waals surface area contributed by atoms with Crippen molar-refractivity contribution in [1.82, 2.24) is 4.98 Å². The van der Waals surface area contributed by atoms with Gasteiger partial charge in [0.1, 0.15) is 16.6 Å². The van der Waals surface area contributed by atoms with E-state index in [1.165, 1.54) is 23.0 Å². The second-order valence-electron chi connectivity index (χ2n) is 6.33. The number of para-hydroxylation sites is 1. The van der Waals surface area contributed by atoms with Crippen LogP contribution in [0.25, 0.3) is 16.6 Å². The molecule has 0 aliphatic heterocycles. The molecule has 3 rings (SSSR count). The lowest BCUT2D eigenvalue weighted by Crippen LogP contribution is -2.15. The quantitative estimate of drug-likeness (QED) is 0.500. The lowest BCUT2D eigenvalue weighted by molar-refractivity contribution is -0.112. The van der Waals surface area contributed by atoms with Crippen LogP contribution in [-0.4, -0.2) is 10.9 Å². The van der Waals surface area contributed by atoms with E-state index >= 15 is 0 Å². The third kappa shape index (κ3) is 4.30. The van der Waals surface area contributed by atoms with Gasteiger partial charge in [-0.3, -0.25) is 4.79 Å². The minimum absolute atomic E-state index is 0.0263. The molecule has 134 valence electrons. The molecule has 3 aromatic rings. The molecule has 1 aromatic heterocycles. The van der Waals surface area contributed by atoms with Crippen molar-refractivity contribution in [3.05, 3.63) is 75.8 Å². The normalized spacial score (nSPS) is 11.1. The summed E-state index contributed by atoms with van der Waals surface area (Å²) in [6, 6.07) is 15.9. The smallest absolute Gasteiger partial charge is 0.266 e. The van der Waals surface area contributed by atoms with Gasteiger partial charge in [0, 0.05) is 16.6 Å². The van der Waals surface area contributed by atoms with Crippen LogP contribution in [0.5, 0.6) is 0 Å². The third-order valence-corrected chi connectivity index (χ3v) is 5.11. The number of nitrogens with one attached hydrogen (secondary N) is 1. The minimum Gasteiger partial charge on any atom is -0.321 e. The molecular formula is C22H19N3OS. The standard InChI is InChI=1S/C22H19N3OS/c1-14-7-9-17(10-8-14)22-24-19(13-27-22)11-18(12-23)21(26)25-20-15(2)5-4-6-16(20)3/h4-11,13H,1-3H3,(H,25,26). The molecule has 0 radical (unpaired) electrons. The summed E-state index contributed by atoms with van der Waals surface area (Å²) in [5.74, 6) is -0.431. The summed E-state index contributed by atoms with van der Waals surface area (Å²) in [6.07, 6.45) is 1.52. The zero-order valence-corrected chi connectivity index (χ0v) is 16.2. The van der Waals surface area contributed by atoms with Crippen LogP contribution < -0.4 is 5.32 Å². The first-order chi connectivity index (χ1) is 13.0. The van der Waals surface area contributed by atoms with Crippen molar-refractivity contribution in [2.45, 2.75) is 20.8 Å². The SMILES string of the molecule is Cc1ccc(-c2nc(C=C(C#N)C(=O)Nc3c(C)cccc3C)cs2)cc1. The van der Waals surface area contributed by atoms with E-state index in [-0.39, 0.29) is 5.57 Å². The van der Waals surface area contributed by atoms with Crippen molar-refractivity contribution in [1.29, 1.82) is 5.26 Å². The van der Waals surface area contributed by atoms with Crippen molar-refractivity contribution < 1.29 is 4.79 Å². The molecular weight excluding hydrogens is 354 g/mol. The maximum Gasteiger partial charge on any atom is 0.266 e. The third-order valence-electron chi connectivity index (χ3n) is 4.20. The van der Waals surface area contributed by atoms with Crippen molar-refractivity contribution in [3.63, 3.8) is 0 Å². The summed E-state index contributed by atoms with van der Waals surface area (Å²) in [4.78, 5) is 17.1. The predicted molar refractivity (Wildman–Crippen MR) is 110 cm³/mol. The second-order valence-corrected chi connectivity index (χ2v) is 7.19. The zero-order chi connectivity index (χ0) is 19.4. The van der Waals surface area contributed by atoms with Crippen LogP contribution in [0.15, 0.2) is 53.4 Å². The number of anilines is 1. The number of rotatable bonds is 4. The van der Waals surface area contributed by atoms with E-state index < -0.39 is 5.91 Å². The number of amides is 1. The Morgan fingerprint density at radius 3 is 2.41 bits per heavy atom. The number of nitrogens with zero attached hydrogens (tertiary/aromatic N) is 2. The van der Waals surface area contributed by atoms with E-state index in [1.54, 1.807) is 0 Å². The molecule has 0 spiro atoms. The molecule has 0 atom stereocenters. The van der Waals surface area contributed by atoms with E-state index in [4.69, 9.17) is 0 Å². The summed E-state index contributed by atoms with van der Waals surface area (Å²) in [5, 5.41) is 15.0. The number of aromatic nitrogens is 1. The highest BCUT2D eigenvalue weighted by Crippen LogP contribution is 2.25. The molecule has 0 aliphatic rings. The summed E-state index contributed by atoms with van der Waals surface area (Å²) in [7, 11) is 0. The number of hydrogen-bond acceptors (Lipinski definition) is 4. The predicted octanol–water partition coefficient (Wildman–Crippen LogP) is 5.28. The Labute approximate surface area is 162 Å². The molecule has 4 nitrogen and oxygen atoms in total. The van der Waals surface area contributed by atoms with Gasteiger partial charge in [-0.1, -0.05) is 48.0 Å². The summed E-state index contributed by atoms with van der Waals surface area (Å²) >= 11 is 1.48. The van der Waals surface area contributed by atoms with Crippen LogP contribution in [0.2, 0.25) is 0 Å². The first-order valence-corrected chi connectivity index (χ1v) is 9.38. The Morgan fingerprint density at radius 2 is 1.78 bits per heavy atom. The van der Waals surface area contributed by atoms with E-state index in [0.29, 0.717) is 5.69 Å². The molecule has 1 heterocycles. The molecule has 0 saturated carbocycles. The van der Waals surface area contributed by atoms with Gasteiger partial charge >= 0.3 is 0 Å². The average molecular weight is 373 g/mol. The van der Waals surface area contributed by atoms with E-state index in [1.807, 2.05) is 74.7 Å². The Bertz CT molecular complexity index is 1040. The number of aryl methyl sites for hydroxylation is 3. The number of carbonyl (C=O) groups is 1. The lowest BCUT2D eigenvalue weighted by Gasteiger charge is -2.10. The minimum atomic E-state index is -0.431. The van der Waals surface area contributed by atoms with Gasteiger partial charge in [0.05, 0.1) is 5.69 Å². The van der Waals surface area contributed by atoms with Crippen LogP contribution in [0.1, 0.15) is 22.4 Å².